The molecular weight excluding hydrogens is 260 g/mol. The average molecular weight is 280 g/mol. The summed E-state index contributed by atoms with van der Waals surface area (Å²) >= 11 is 0. The zero-order valence-electron chi connectivity index (χ0n) is 11.9. The molecule has 0 spiro atoms. The molecule has 6 nitrogen and oxygen atoms in total. The van der Waals surface area contributed by atoms with Crippen LogP contribution >= 0.6 is 0 Å². The zero-order valence-corrected chi connectivity index (χ0v) is 11.9. The van der Waals surface area contributed by atoms with Gasteiger partial charge in [0, 0.05) is 6.07 Å². The molecule has 1 aromatic heterocycles. The second kappa shape index (κ2) is 6.07. The Hall–Kier alpha value is -1.85. The normalized spacial score (nSPS) is 17.5. The summed E-state index contributed by atoms with van der Waals surface area (Å²) in [6, 6.07) is 1.55. The largest absolute Gasteiger partial charge is 0.464 e. The van der Waals surface area contributed by atoms with Crippen LogP contribution in [0.1, 0.15) is 55.3 Å². The van der Waals surface area contributed by atoms with Crippen LogP contribution in [-0.4, -0.2) is 29.2 Å². The Labute approximate surface area is 117 Å². The number of carbonyl (C=O) groups is 2. The average Bonchev–Trinajstić information content (AvgIpc) is 2.87. The Morgan fingerprint density at radius 2 is 2.10 bits per heavy atom. The lowest BCUT2D eigenvalue weighted by molar-refractivity contribution is -0.152. The molecule has 0 radical (unpaired) electrons. The van der Waals surface area contributed by atoms with Crippen LogP contribution in [0, 0.1) is 6.92 Å². The number of hydrogen-bond donors (Lipinski definition) is 1. The van der Waals surface area contributed by atoms with Crippen molar-refractivity contribution in [3.05, 3.63) is 17.5 Å². The van der Waals surface area contributed by atoms with Crippen LogP contribution in [-0.2, 0) is 9.53 Å². The van der Waals surface area contributed by atoms with E-state index in [0.29, 0.717) is 25.1 Å². The van der Waals surface area contributed by atoms with Crippen molar-refractivity contribution in [3.63, 3.8) is 0 Å². The number of nitrogens with one attached hydrogen (secondary N) is 1. The lowest BCUT2D eigenvalue weighted by Crippen LogP contribution is -2.56. The van der Waals surface area contributed by atoms with Crippen molar-refractivity contribution in [1.82, 2.24) is 10.5 Å². The van der Waals surface area contributed by atoms with Gasteiger partial charge < -0.3 is 14.6 Å². The minimum absolute atomic E-state index is 0.122. The Bertz CT molecular complexity index is 489. The topological polar surface area (TPSA) is 81.4 Å². The SMILES string of the molecule is CCOC(=O)C1(NC(=O)c2cc(C)no2)CCCCC1. The van der Waals surface area contributed by atoms with E-state index in [4.69, 9.17) is 9.26 Å². The van der Waals surface area contributed by atoms with E-state index in [-0.39, 0.29) is 11.7 Å². The van der Waals surface area contributed by atoms with E-state index in [1.807, 2.05) is 0 Å². The molecule has 1 N–H and O–H groups in total. The molecule has 0 bridgehead atoms. The number of esters is 1. The fourth-order valence-electron chi connectivity index (χ4n) is 2.55. The maximum atomic E-state index is 12.2. The quantitative estimate of drug-likeness (QED) is 0.853. The molecule has 1 fully saturated rings. The summed E-state index contributed by atoms with van der Waals surface area (Å²) in [6.07, 6.45) is 4.07. The third-order valence-electron chi connectivity index (χ3n) is 3.58. The summed E-state index contributed by atoms with van der Waals surface area (Å²) in [7, 11) is 0. The highest BCUT2D eigenvalue weighted by atomic mass is 16.5. The highest BCUT2D eigenvalue weighted by molar-refractivity contribution is 5.96. The van der Waals surface area contributed by atoms with Crippen LogP contribution in [0.2, 0.25) is 0 Å². The number of nitrogens with zero attached hydrogens (tertiary/aromatic N) is 1. The van der Waals surface area contributed by atoms with E-state index in [9.17, 15) is 9.59 Å². The van der Waals surface area contributed by atoms with E-state index in [1.54, 1.807) is 19.9 Å². The predicted molar refractivity (Wildman–Crippen MR) is 71.2 cm³/mol. The molecule has 1 saturated carbocycles. The lowest BCUT2D eigenvalue weighted by atomic mass is 9.81. The molecule has 110 valence electrons. The molecule has 1 aliphatic carbocycles. The predicted octanol–water partition coefficient (Wildman–Crippen LogP) is 1.98. The van der Waals surface area contributed by atoms with Crippen LogP contribution < -0.4 is 5.32 Å². The molecular formula is C14H20N2O4. The van der Waals surface area contributed by atoms with Gasteiger partial charge in [-0.1, -0.05) is 24.4 Å². The number of ether oxygens (including phenoxy) is 1. The summed E-state index contributed by atoms with van der Waals surface area (Å²) in [6.45, 7) is 3.80. The van der Waals surface area contributed by atoms with E-state index >= 15 is 0 Å². The molecule has 6 heteroatoms. The van der Waals surface area contributed by atoms with Gasteiger partial charge in [0.15, 0.2) is 0 Å². The number of aromatic nitrogens is 1. The maximum Gasteiger partial charge on any atom is 0.331 e. The third-order valence-corrected chi connectivity index (χ3v) is 3.58. The van der Waals surface area contributed by atoms with Crippen molar-refractivity contribution in [2.75, 3.05) is 6.61 Å². The molecule has 0 aliphatic heterocycles. The Balaban J connectivity index is 2.15. The second-order valence-electron chi connectivity index (χ2n) is 5.15. The molecule has 1 aromatic rings. The van der Waals surface area contributed by atoms with Crippen molar-refractivity contribution in [2.24, 2.45) is 0 Å². The van der Waals surface area contributed by atoms with E-state index in [2.05, 4.69) is 10.5 Å². The highest BCUT2D eigenvalue weighted by Crippen LogP contribution is 2.30. The van der Waals surface area contributed by atoms with Crippen molar-refractivity contribution >= 4 is 11.9 Å². The van der Waals surface area contributed by atoms with Crippen LogP contribution in [0.3, 0.4) is 0 Å². The molecule has 1 heterocycles. The molecule has 0 aromatic carbocycles. The van der Waals surface area contributed by atoms with E-state index < -0.39 is 11.4 Å². The van der Waals surface area contributed by atoms with Crippen LogP contribution in [0.25, 0.3) is 0 Å². The molecule has 20 heavy (non-hydrogen) atoms. The molecule has 1 aliphatic rings. The first-order chi connectivity index (χ1) is 9.57. The number of carbonyl (C=O) groups excluding carboxylic acids is 2. The fourth-order valence-corrected chi connectivity index (χ4v) is 2.55. The minimum atomic E-state index is -0.925. The van der Waals surface area contributed by atoms with Crippen LogP contribution in [0.5, 0.6) is 0 Å². The minimum Gasteiger partial charge on any atom is -0.464 e. The first kappa shape index (κ1) is 14.6. The van der Waals surface area contributed by atoms with E-state index in [1.165, 1.54) is 0 Å². The summed E-state index contributed by atoms with van der Waals surface area (Å²) < 4.78 is 10.1. The fraction of sp³-hybridized carbons (Fsp3) is 0.643. The third kappa shape index (κ3) is 3.00. The maximum absolute atomic E-state index is 12.2. The Morgan fingerprint density at radius 1 is 1.40 bits per heavy atom. The summed E-state index contributed by atoms with van der Waals surface area (Å²) in [4.78, 5) is 24.4. The zero-order chi connectivity index (χ0) is 14.6. The number of amides is 1. The summed E-state index contributed by atoms with van der Waals surface area (Å²) in [5.74, 6) is -0.651. The van der Waals surface area contributed by atoms with Gasteiger partial charge in [-0.05, 0) is 26.7 Å². The van der Waals surface area contributed by atoms with Gasteiger partial charge in [0.25, 0.3) is 5.91 Å². The molecule has 0 atom stereocenters. The van der Waals surface area contributed by atoms with Gasteiger partial charge in [-0.15, -0.1) is 0 Å². The number of hydrogen-bond acceptors (Lipinski definition) is 5. The summed E-state index contributed by atoms with van der Waals surface area (Å²) in [5, 5.41) is 6.48. The van der Waals surface area contributed by atoms with Crippen molar-refractivity contribution in [3.8, 4) is 0 Å². The first-order valence-electron chi connectivity index (χ1n) is 7.00. The lowest BCUT2D eigenvalue weighted by Gasteiger charge is -2.35. The first-order valence-corrected chi connectivity index (χ1v) is 7.00. The molecule has 2 rings (SSSR count). The van der Waals surface area contributed by atoms with Crippen molar-refractivity contribution in [2.45, 2.75) is 51.5 Å². The van der Waals surface area contributed by atoms with Gasteiger partial charge in [-0.3, -0.25) is 4.79 Å². The number of rotatable bonds is 4. The van der Waals surface area contributed by atoms with Gasteiger partial charge in [-0.2, -0.15) is 0 Å². The summed E-state index contributed by atoms with van der Waals surface area (Å²) in [5.41, 5.74) is -0.296. The second-order valence-corrected chi connectivity index (χ2v) is 5.15. The molecule has 0 saturated heterocycles. The van der Waals surface area contributed by atoms with Gasteiger partial charge in [-0.25, -0.2) is 4.79 Å². The monoisotopic (exact) mass is 280 g/mol. The van der Waals surface area contributed by atoms with Crippen molar-refractivity contribution in [1.29, 1.82) is 0 Å². The van der Waals surface area contributed by atoms with Crippen molar-refractivity contribution < 1.29 is 18.8 Å². The number of aryl methyl sites for hydroxylation is 1. The molecule has 0 unspecified atom stereocenters. The Kier molecular flexibility index (Phi) is 4.42. The highest BCUT2D eigenvalue weighted by Gasteiger charge is 2.42. The van der Waals surface area contributed by atoms with E-state index in [0.717, 1.165) is 19.3 Å². The Morgan fingerprint density at radius 3 is 2.65 bits per heavy atom. The standard InChI is InChI=1S/C14H20N2O4/c1-3-19-13(18)14(7-5-4-6-8-14)15-12(17)11-9-10(2)16-20-11/h9H,3-8H2,1-2H3,(H,15,17). The van der Waals surface area contributed by atoms with Gasteiger partial charge >= 0.3 is 5.97 Å². The molecule has 1 amide bonds. The van der Waals surface area contributed by atoms with Gasteiger partial charge in [0.2, 0.25) is 5.76 Å². The van der Waals surface area contributed by atoms with Crippen LogP contribution in [0.15, 0.2) is 10.6 Å². The smallest absolute Gasteiger partial charge is 0.331 e. The van der Waals surface area contributed by atoms with Crippen LogP contribution in [0.4, 0.5) is 0 Å². The van der Waals surface area contributed by atoms with Gasteiger partial charge in [0.05, 0.1) is 12.3 Å². The van der Waals surface area contributed by atoms with Gasteiger partial charge in [0.1, 0.15) is 5.54 Å².